The SMILES string of the molecule is O=c1[nH]c(=O)c2nc(-c3ccccc3)cnc2[nH]1. The smallest absolute Gasteiger partial charge is 0.290 e. The summed E-state index contributed by atoms with van der Waals surface area (Å²) >= 11 is 0. The third-order valence-electron chi connectivity index (χ3n) is 2.52. The number of hydrogen-bond donors (Lipinski definition) is 2. The summed E-state index contributed by atoms with van der Waals surface area (Å²) in [5, 5.41) is 0. The number of nitrogens with one attached hydrogen (secondary N) is 2. The van der Waals surface area contributed by atoms with Gasteiger partial charge in [-0.1, -0.05) is 30.3 Å². The molecule has 3 rings (SSSR count). The summed E-state index contributed by atoms with van der Waals surface area (Å²) in [5.41, 5.74) is 0.617. The predicted octanol–water partition coefficient (Wildman–Crippen LogP) is 0.673. The Kier molecular flexibility index (Phi) is 2.26. The van der Waals surface area contributed by atoms with E-state index >= 15 is 0 Å². The third-order valence-corrected chi connectivity index (χ3v) is 2.52. The summed E-state index contributed by atoms with van der Waals surface area (Å²) in [7, 11) is 0. The summed E-state index contributed by atoms with van der Waals surface area (Å²) < 4.78 is 0. The van der Waals surface area contributed by atoms with Gasteiger partial charge in [0.1, 0.15) is 0 Å². The second-order valence-electron chi connectivity index (χ2n) is 3.73. The van der Waals surface area contributed by atoms with Crippen LogP contribution in [0.1, 0.15) is 0 Å². The lowest BCUT2D eigenvalue weighted by atomic mass is 10.2. The Hall–Kier alpha value is -2.76. The molecule has 3 aromatic rings. The van der Waals surface area contributed by atoms with Crippen molar-refractivity contribution in [3.05, 3.63) is 57.4 Å². The van der Waals surface area contributed by atoms with E-state index in [0.29, 0.717) is 5.69 Å². The van der Waals surface area contributed by atoms with E-state index in [-0.39, 0.29) is 11.2 Å². The van der Waals surface area contributed by atoms with Crippen molar-refractivity contribution < 1.29 is 0 Å². The number of rotatable bonds is 1. The van der Waals surface area contributed by atoms with Gasteiger partial charge < -0.3 is 0 Å². The Morgan fingerprint density at radius 3 is 2.56 bits per heavy atom. The van der Waals surface area contributed by atoms with Crippen LogP contribution in [0.15, 0.2) is 46.1 Å². The second kappa shape index (κ2) is 3.92. The van der Waals surface area contributed by atoms with Gasteiger partial charge in [0.2, 0.25) is 0 Å². The van der Waals surface area contributed by atoms with Crippen molar-refractivity contribution in [3.8, 4) is 11.3 Å². The number of nitrogens with zero attached hydrogens (tertiary/aromatic N) is 2. The average Bonchev–Trinajstić information content (AvgIpc) is 2.39. The van der Waals surface area contributed by atoms with Gasteiger partial charge in [-0.3, -0.25) is 14.8 Å². The Labute approximate surface area is 100 Å². The van der Waals surface area contributed by atoms with Crippen LogP contribution in [0.5, 0.6) is 0 Å². The number of fused-ring (bicyclic) bond motifs is 1. The Morgan fingerprint density at radius 1 is 1.00 bits per heavy atom. The summed E-state index contributed by atoms with van der Waals surface area (Å²) in [6, 6.07) is 9.38. The fourth-order valence-electron chi connectivity index (χ4n) is 1.69. The summed E-state index contributed by atoms with van der Waals surface area (Å²) in [4.78, 5) is 35.5. The summed E-state index contributed by atoms with van der Waals surface area (Å²) in [6.45, 7) is 0. The molecule has 0 aliphatic carbocycles. The number of hydrogen-bond acceptors (Lipinski definition) is 4. The fraction of sp³-hybridized carbons (Fsp3) is 0. The van der Waals surface area contributed by atoms with Gasteiger partial charge in [0.05, 0.1) is 11.9 Å². The van der Waals surface area contributed by atoms with Crippen molar-refractivity contribution in [1.29, 1.82) is 0 Å². The Morgan fingerprint density at radius 2 is 1.78 bits per heavy atom. The number of benzene rings is 1. The quantitative estimate of drug-likeness (QED) is 0.654. The zero-order valence-corrected chi connectivity index (χ0v) is 9.18. The minimum absolute atomic E-state index is 0.121. The molecule has 0 aliphatic rings. The molecule has 0 amide bonds. The lowest BCUT2D eigenvalue weighted by Gasteiger charge is -2.01. The molecule has 2 N–H and O–H groups in total. The first-order valence-corrected chi connectivity index (χ1v) is 5.29. The van der Waals surface area contributed by atoms with Crippen molar-refractivity contribution in [2.45, 2.75) is 0 Å². The first-order valence-electron chi connectivity index (χ1n) is 5.29. The van der Waals surface area contributed by atoms with E-state index in [1.165, 1.54) is 6.20 Å². The molecule has 2 aromatic heterocycles. The van der Waals surface area contributed by atoms with E-state index < -0.39 is 11.2 Å². The number of aromatic nitrogens is 4. The largest absolute Gasteiger partial charge is 0.327 e. The van der Waals surface area contributed by atoms with Crippen molar-refractivity contribution >= 4 is 11.2 Å². The molecule has 0 saturated heterocycles. The minimum atomic E-state index is -0.589. The zero-order valence-electron chi connectivity index (χ0n) is 9.18. The van der Waals surface area contributed by atoms with Crippen LogP contribution >= 0.6 is 0 Å². The molecule has 18 heavy (non-hydrogen) atoms. The molecule has 2 heterocycles. The molecule has 1 aromatic carbocycles. The van der Waals surface area contributed by atoms with Gasteiger partial charge in [0.15, 0.2) is 11.2 Å². The summed E-state index contributed by atoms with van der Waals surface area (Å²) in [6.07, 6.45) is 1.52. The molecular formula is C12H8N4O2. The van der Waals surface area contributed by atoms with Crippen LogP contribution in [0.4, 0.5) is 0 Å². The maximum absolute atomic E-state index is 11.6. The number of aromatic amines is 2. The highest BCUT2D eigenvalue weighted by Crippen LogP contribution is 2.15. The summed E-state index contributed by atoms with van der Waals surface area (Å²) in [5.74, 6) is 0. The van der Waals surface area contributed by atoms with E-state index in [0.717, 1.165) is 5.56 Å². The van der Waals surface area contributed by atoms with E-state index in [2.05, 4.69) is 19.9 Å². The monoisotopic (exact) mass is 240 g/mol. The van der Waals surface area contributed by atoms with E-state index in [1.807, 2.05) is 30.3 Å². The highest BCUT2D eigenvalue weighted by molar-refractivity contribution is 5.72. The molecule has 0 atom stereocenters. The maximum atomic E-state index is 11.6. The van der Waals surface area contributed by atoms with E-state index in [9.17, 15) is 9.59 Å². The Bertz CT molecular complexity index is 821. The van der Waals surface area contributed by atoms with Gasteiger partial charge in [-0.15, -0.1) is 0 Å². The van der Waals surface area contributed by atoms with Crippen LogP contribution in [0.25, 0.3) is 22.4 Å². The van der Waals surface area contributed by atoms with Gasteiger partial charge in [-0.05, 0) is 0 Å². The first-order chi connectivity index (χ1) is 8.74. The van der Waals surface area contributed by atoms with Crippen molar-refractivity contribution in [1.82, 2.24) is 19.9 Å². The highest BCUT2D eigenvalue weighted by atomic mass is 16.2. The van der Waals surface area contributed by atoms with Gasteiger partial charge in [-0.25, -0.2) is 14.8 Å². The third kappa shape index (κ3) is 1.69. The molecule has 0 aliphatic heterocycles. The molecule has 0 unspecified atom stereocenters. The van der Waals surface area contributed by atoms with E-state index in [4.69, 9.17) is 0 Å². The van der Waals surface area contributed by atoms with Gasteiger partial charge in [0, 0.05) is 5.56 Å². The predicted molar refractivity (Wildman–Crippen MR) is 66.2 cm³/mol. The molecule has 0 spiro atoms. The van der Waals surface area contributed by atoms with Gasteiger partial charge >= 0.3 is 5.69 Å². The normalized spacial score (nSPS) is 10.7. The Balaban J connectivity index is 2.30. The second-order valence-corrected chi connectivity index (χ2v) is 3.73. The molecule has 0 radical (unpaired) electrons. The van der Waals surface area contributed by atoms with Crippen LogP contribution in [0, 0.1) is 0 Å². The van der Waals surface area contributed by atoms with Crippen LogP contribution in [0.3, 0.4) is 0 Å². The molecule has 0 saturated carbocycles. The molecule has 6 heteroatoms. The van der Waals surface area contributed by atoms with Crippen molar-refractivity contribution in [2.24, 2.45) is 0 Å². The van der Waals surface area contributed by atoms with Crippen molar-refractivity contribution in [2.75, 3.05) is 0 Å². The highest BCUT2D eigenvalue weighted by Gasteiger charge is 2.06. The van der Waals surface area contributed by atoms with Crippen LogP contribution < -0.4 is 11.2 Å². The van der Waals surface area contributed by atoms with Crippen LogP contribution in [-0.2, 0) is 0 Å². The molecule has 0 fully saturated rings. The van der Waals surface area contributed by atoms with Crippen LogP contribution in [-0.4, -0.2) is 19.9 Å². The molecular weight excluding hydrogens is 232 g/mol. The van der Waals surface area contributed by atoms with Crippen molar-refractivity contribution in [3.63, 3.8) is 0 Å². The number of H-pyrrole nitrogens is 2. The fourth-order valence-corrected chi connectivity index (χ4v) is 1.69. The first kappa shape index (κ1) is 10.4. The average molecular weight is 240 g/mol. The molecule has 0 bridgehead atoms. The lowest BCUT2D eigenvalue weighted by molar-refractivity contribution is 1.04. The molecule has 88 valence electrons. The van der Waals surface area contributed by atoms with E-state index in [1.54, 1.807) is 0 Å². The van der Waals surface area contributed by atoms with Gasteiger partial charge in [0.25, 0.3) is 5.56 Å². The van der Waals surface area contributed by atoms with Gasteiger partial charge in [-0.2, -0.15) is 0 Å². The molecule has 6 nitrogen and oxygen atoms in total. The lowest BCUT2D eigenvalue weighted by Crippen LogP contribution is -2.23. The van der Waals surface area contributed by atoms with Crippen LogP contribution in [0.2, 0.25) is 0 Å². The topological polar surface area (TPSA) is 91.5 Å². The zero-order chi connectivity index (χ0) is 12.5. The minimum Gasteiger partial charge on any atom is -0.290 e. The standard InChI is InChI=1S/C12H8N4O2/c17-11-9-10(15-12(18)16-11)13-6-8(14-9)7-4-2-1-3-5-7/h1-6H,(H2,13,15,16,17,18). The maximum Gasteiger partial charge on any atom is 0.327 e.